The standard InChI is InChI=1S/C18H17F2N3O/c1-4-9-23-12(3)11(2)14-10-21-22-18(16(14)23)24-17(20)13-7-5-6-8-15(13)19/h4-8,10,17H,1,9H2,2-3H3. The molecule has 0 radical (unpaired) electrons. The lowest BCUT2D eigenvalue weighted by molar-refractivity contribution is 0.0593. The Kier molecular flexibility index (Phi) is 4.29. The average molecular weight is 329 g/mol. The molecule has 0 saturated carbocycles. The summed E-state index contributed by atoms with van der Waals surface area (Å²) in [6.45, 7) is 8.17. The van der Waals surface area contributed by atoms with Gasteiger partial charge in [-0.15, -0.1) is 11.7 Å². The summed E-state index contributed by atoms with van der Waals surface area (Å²) in [4.78, 5) is 0. The van der Waals surface area contributed by atoms with Crippen LogP contribution in [0.15, 0.2) is 43.1 Å². The van der Waals surface area contributed by atoms with Crippen molar-refractivity contribution in [2.45, 2.75) is 26.7 Å². The molecule has 0 spiro atoms. The van der Waals surface area contributed by atoms with E-state index in [2.05, 4.69) is 16.8 Å². The molecule has 0 amide bonds. The molecule has 1 unspecified atom stereocenters. The maximum atomic E-state index is 14.5. The first-order chi connectivity index (χ1) is 11.5. The Bertz CT molecular complexity index is 905. The van der Waals surface area contributed by atoms with E-state index < -0.39 is 12.2 Å². The second kappa shape index (κ2) is 6.39. The third-order valence-corrected chi connectivity index (χ3v) is 4.09. The quantitative estimate of drug-likeness (QED) is 0.651. The molecule has 124 valence electrons. The number of hydrogen-bond acceptors (Lipinski definition) is 3. The summed E-state index contributed by atoms with van der Waals surface area (Å²) in [6.07, 6.45) is 1.37. The Morgan fingerprint density at radius 2 is 2.08 bits per heavy atom. The molecule has 24 heavy (non-hydrogen) atoms. The molecule has 0 N–H and O–H groups in total. The molecule has 0 aliphatic rings. The number of halogens is 2. The van der Waals surface area contributed by atoms with E-state index in [1.54, 1.807) is 18.3 Å². The lowest BCUT2D eigenvalue weighted by Gasteiger charge is -2.13. The summed E-state index contributed by atoms with van der Waals surface area (Å²) in [7, 11) is 0. The molecule has 0 saturated heterocycles. The van der Waals surface area contributed by atoms with E-state index in [-0.39, 0.29) is 11.4 Å². The highest BCUT2D eigenvalue weighted by molar-refractivity contribution is 5.88. The van der Waals surface area contributed by atoms with Crippen LogP contribution in [0.25, 0.3) is 10.9 Å². The molecular weight excluding hydrogens is 312 g/mol. The number of rotatable bonds is 5. The van der Waals surface area contributed by atoms with Gasteiger partial charge in [-0.3, -0.25) is 0 Å². The van der Waals surface area contributed by atoms with Crippen molar-refractivity contribution in [3.05, 3.63) is 65.8 Å². The van der Waals surface area contributed by atoms with Crippen LogP contribution >= 0.6 is 0 Å². The highest BCUT2D eigenvalue weighted by atomic mass is 19.2. The first-order valence-electron chi connectivity index (χ1n) is 7.51. The fourth-order valence-corrected chi connectivity index (χ4v) is 2.72. The monoisotopic (exact) mass is 329 g/mol. The minimum Gasteiger partial charge on any atom is -0.436 e. The van der Waals surface area contributed by atoms with Crippen molar-refractivity contribution in [2.24, 2.45) is 0 Å². The van der Waals surface area contributed by atoms with Gasteiger partial charge in [-0.25, -0.2) is 4.39 Å². The van der Waals surface area contributed by atoms with Crippen molar-refractivity contribution >= 4 is 10.9 Å². The van der Waals surface area contributed by atoms with Gasteiger partial charge >= 0.3 is 0 Å². The number of aryl methyl sites for hydroxylation is 1. The SMILES string of the molecule is C=CCn1c(C)c(C)c2cnnc(OC(F)c3ccccc3F)c21. The van der Waals surface area contributed by atoms with Crippen LogP contribution in [0.1, 0.15) is 23.2 Å². The Morgan fingerprint density at radius 1 is 1.33 bits per heavy atom. The molecule has 3 aromatic rings. The summed E-state index contributed by atoms with van der Waals surface area (Å²) in [6, 6.07) is 5.57. The van der Waals surface area contributed by atoms with Crippen molar-refractivity contribution in [1.82, 2.24) is 14.8 Å². The largest absolute Gasteiger partial charge is 0.436 e. The number of allylic oxidation sites excluding steroid dienone is 1. The smallest absolute Gasteiger partial charge is 0.269 e. The minimum atomic E-state index is -1.97. The topological polar surface area (TPSA) is 39.9 Å². The number of ether oxygens (including phenoxy) is 1. The Labute approximate surface area is 138 Å². The second-order valence-corrected chi connectivity index (χ2v) is 5.48. The van der Waals surface area contributed by atoms with Crippen molar-refractivity contribution in [2.75, 3.05) is 0 Å². The number of aromatic nitrogens is 3. The molecule has 4 nitrogen and oxygen atoms in total. The summed E-state index contributed by atoms with van der Waals surface area (Å²) < 4.78 is 35.5. The van der Waals surface area contributed by atoms with Crippen molar-refractivity contribution in [3.8, 4) is 5.88 Å². The van der Waals surface area contributed by atoms with Crippen LogP contribution in [0, 0.1) is 19.7 Å². The highest BCUT2D eigenvalue weighted by Crippen LogP contribution is 2.33. The van der Waals surface area contributed by atoms with E-state index >= 15 is 0 Å². The lowest BCUT2D eigenvalue weighted by atomic mass is 10.2. The van der Waals surface area contributed by atoms with Gasteiger partial charge in [0.1, 0.15) is 11.3 Å². The van der Waals surface area contributed by atoms with Crippen LogP contribution in [0.2, 0.25) is 0 Å². The Hall–Kier alpha value is -2.76. The lowest BCUT2D eigenvalue weighted by Crippen LogP contribution is -2.08. The van der Waals surface area contributed by atoms with Gasteiger partial charge in [0.25, 0.3) is 12.2 Å². The first kappa shape index (κ1) is 16.1. The molecule has 0 aliphatic heterocycles. The van der Waals surface area contributed by atoms with E-state index in [1.165, 1.54) is 18.2 Å². The molecule has 2 aromatic heterocycles. The predicted molar refractivity (Wildman–Crippen MR) is 88.1 cm³/mol. The predicted octanol–water partition coefficient (Wildman–Crippen LogP) is 4.42. The van der Waals surface area contributed by atoms with E-state index in [0.29, 0.717) is 12.1 Å². The third-order valence-electron chi connectivity index (χ3n) is 4.09. The second-order valence-electron chi connectivity index (χ2n) is 5.48. The Balaban J connectivity index is 2.08. The molecule has 6 heteroatoms. The molecule has 1 atom stereocenters. The summed E-state index contributed by atoms with van der Waals surface area (Å²) in [5.74, 6) is -0.639. The van der Waals surface area contributed by atoms with Crippen molar-refractivity contribution in [3.63, 3.8) is 0 Å². The molecule has 0 aliphatic carbocycles. The zero-order chi connectivity index (χ0) is 17.3. The maximum Gasteiger partial charge on any atom is 0.269 e. The molecule has 2 heterocycles. The van der Waals surface area contributed by atoms with Crippen LogP contribution in [-0.2, 0) is 6.54 Å². The van der Waals surface area contributed by atoms with E-state index in [9.17, 15) is 8.78 Å². The fourth-order valence-electron chi connectivity index (χ4n) is 2.72. The number of fused-ring (bicyclic) bond motifs is 1. The molecule has 0 bridgehead atoms. The van der Waals surface area contributed by atoms with Crippen molar-refractivity contribution < 1.29 is 13.5 Å². The number of nitrogens with zero attached hydrogens (tertiary/aromatic N) is 3. The van der Waals surface area contributed by atoms with Crippen molar-refractivity contribution in [1.29, 1.82) is 0 Å². The maximum absolute atomic E-state index is 14.5. The number of benzene rings is 1. The number of alkyl halides is 1. The zero-order valence-electron chi connectivity index (χ0n) is 13.5. The van der Waals surface area contributed by atoms with Gasteiger partial charge in [0.05, 0.1) is 11.8 Å². The summed E-state index contributed by atoms with van der Waals surface area (Å²) in [5, 5.41) is 8.61. The van der Waals surface area contributed by atoms with E-state index in [4.69, 9.17) is 4.74 Å². The minimum absolute atomic E-state index is 0.0290. The molecule has 0 fully saturated rings. The first-order valence-corrected chi connectivity index (χ1v) is 7.51. The van der Waals surface area contributed by atoms with E-state index in [0.717, 1.165) is 16.6 Å². The zero-order valence-corrected chi connectivity index (χ0v) is 13.5. The van der Waals surface area contributed by atoms with Gasteiger partial charge in [-0.2, -0.15) is 9.49 Å². The van der Waals surface area contributed by atoms with Gasteiger partial charge in [0, 0.05) is 17.6 Å². The van der Waals surface area contributed by atoms with Gasteiger partial charge in [-0.05, 0) is 31.5 Å². The number of hydrogen-bond donors (Lipinski definition) is 0. The van der Waals surface area contributed by atoms with Crippen LogP contribution in [-0.4, -0.2) is 14.8 Å². The van der Waals surface area contributed by atoms with E-state index in [1.807, 2.05) is 18.4 Å². The summed E-state index contributed by atoms with van der Waals surface area (Å²) >= 11 is 0. The fraction of sp³-hybridized carbons (Fsp3) is 0.222. The van der Waals surface area contributed by atoms with Gasteiger partial charge in [-0.1, -0.05) is 18.2 Å². The van der Waals surface area contributed by atoms with Gasteiger partial charge in [0.2, 0.25) is 0 Å². The Morgan fingerprint density at radius 3 is 2.79 bits per heavy atom. The molecule has 1 aromatic carbocycles. The van der Waals surface area contributed by atoms with Crippen LogP contribution < -0.4 is 4.74 Å². The highest BCUT2D eigenvalue weighted by Gasteiger charge is 2.21. The van der Waals surface area contributed by atoms with Crippen LogP contribution in [0.4, 0.5) is 8.78 Å². The average Bonchev–Trinajstić information content (AvgIpc) is 2.82. The summed E-state index contributed by atoms with van der Waals surface area (Å²) in [5.41, 5.74) is 2.45. The van der Waals surface area contributed by atoms with Crippen LogP contribution in [0.5, 0.6) is 5.88 Å². The van der Waals surface area contributed by atoms with Crippen LogP contribution in [0.3, 0.4) is 0 Å². The van der Waals surface area contributed by atoms with Gasteiger partial charge in [0.15, 0.2) is 0 Å². The normalized spacial score (nSPS) is 12.3. The third kappa shape index (κ3) is 2.64. The molecular formula is C18H17F2N3O. The molecule has 3 rings (SSSR count). The van der Waals surface area contributed by atoms with Gasteiger partial charge < -0.3 is 9.30 Å².